The molecule has 198 valence electrons. The molecule has 1 fully saturated rings. The summed E-state index contributed by atoms with van der Waals surface area (Å²) in [5.74, 6) is 3.12. The van der Waals surface area contributed by atoms with E-state index < -0.39 is 0 Å². The van der Waals surface area contributed by atoms with Crippen LogP contribution < -0.4 is 14.2 Å². The van der Waals surface area contributed by atoms with Crippen molar-refractivity contribution in [3.63, 3.8) is 0 Å². The van der Waals surface area contributed by atoms with Crippen LogP contribution in [0.1, 0.15) is 42.4 Å². The van der Waals surface area contributed by atoms with Gasteiger partial charge in [0.1, 0.15) is 5.75 Å². The average molecular weight is 517 g/mol. The number of halogens is 1. The molecule has 2 heterocycles. The second-order valence-electron chi connectivity index (χ2n) is 9.92. The molecule has 1 unspecified atom stereocenters. The predicted octanol–water partition coefficient (Wildman–Crippen LogP) is 4.93. The first-order valence-electron chi connectivity index (χ1n) is 13.0. The summed E-state index contributed by atoms with van der Waals surface area (Å²) < 4.78 is 16.9. The molecule has 2 aliphatic heterocycles. The fourth-order valence-corrected chi connectivity index (χ4v) is 5.37. The first kappa shape index (κ1) is 28.1. The van der Waals surface area contributed by atoms with Gasteiger partial charge < -0.3 is 24.0 Å². The van der Waals surface area contributed by atoms with Gasteiger partial charge in [0.15, 0.2) is 11.5 Å². The first-order valence-corrected chi connectivity index (χ1v) is 13.0. The van der Waals surface area contributed by atoms with Gasteiger partial charge in [-0.3, -0.25) is 4.79 Å². The van der Waals surface area contributed by atoms with Crippen LogP contribution in [0.25, 0.3) is 0 Å². The summed E-state index contributed by atoms with van der Waals surface area (Å²) >= 11 is 0. The molecule has 0 N–H and O–H groups in total. The quantitative estimate of drug-likeness (QED) is 0.442. The normalized spacial score (nSPS) is 18.5. The second kappa shape index (κ2) is 13.8. The third kappa shape index (κ3) is 7.53. The Bertz CT molecular complexity index is 999. The van der Waals surface area contributed by atoms with Crippen molar-refractivity contribution in [3.8, 4) is 17.2 Å². The lowest BCUT2D eigenvalue weighted by atomic mass is 10.0. The number of aryl methyl sites for hydroxylation is 1. The van der Waals surface area contributed by atoms with E-state index in [1.807, 2.05) is 24.3 Å². The summed E-state index contributed by atoms with van der Waals surface area (Å²) in [5.41, 5.74) is 3.48. The van der Waals surface area contributed by atoms with Gasteiger partial charge in [-0.15, -0.1) is 12.4 Å². The number of benzene rings is 2. The van der Waals surface area contributed by atoms with Crippen molar-refractivity contribution >= 4 is 18.3 Å². The molecule has 2 aromatic rings. The van der Waals surface area contributed by atoms with E-state index in [1.54, 1.807) is 14.2 Å². The molecule has 1 amide bonds. The number of hydrogen-bond donors (Lipinski definition) is 0. The van der Waals surface area contributed by atoms with Gasteiger partial charge in [0, 0.05) is 26.2 Å². The monoisotopic (exact) mass is 516 g/mol. The topological polar surface area (TPSA) is 51.2 Å². The molecule has 0 spiro atoms. The van der Waals surface area contributed by atoms with Crippen molar-refractivity contribution in [2.45, 2.75) is 45.4 Å². The molecule has 1 saturated heterocycles. The highest BCUT2D eigenvalue weighted by Gasteiger charge is 2.26. The zero-order chi connectivity index (χ0) is 24.6. The Morgan fingerprint density at radius 2 is 1.78 bits per heavy atom. The van der Waals surface area contributed by atoms with Gasteiger partial charge in [-0.05, 0) is 86.0 Å². The summed E-state index contributed by atoms with van der Waals surface area (Å²) in [6.45, 7) is 7.68. The maximum atomic E-state index is 13.2. The number of ether oxygens (including phenoxy) is 3. The van der Waals surface area contributed by atoms with E-state index in [2.05, 4.69) is 28.9 Å². The van der Waals surface area contributed by atoms with E-state index >= 15 is 0 Å². The molecule has 1 atom stereocenters. The molecule has 6 nitrogen and oxygen atoms in total. The molecule has 2 aromatic carbocycles. The minimum Gasteiger partial charge on any atom is -0.494 e. The van der Waals surface area contributed by atoms with Crippen LogP contribution in [0.15, 0.2) is 36.4 Å². The standard InChI is InChI=1S/C29H40N2O4.ClH/c1-22-8-6-10-26(16-22)35-15-7-13-30-12-5-4-9-23(20-30)21-31-14-11-24-17-27(33-2)28(34-3)18-25(24)19-29(31)32;/h6,8,10,16-18,23H,4-5,7,9,11-15,19-21H2,1-3H3;1H. The van der Waals surface area contributed by atoms with Crippen molar-refractivity contribution in [1.82, 2.24) is 9.80 Å². The molecule has 7 heteroatoms. The third-order valence-corrected chi connectivity index (χ3v) is 7.26. The molecule has 36 heavy (non-hydrogen) atoms. The van der Waals surface area contributed by atoms with Crippen LogP contribution in [0.4, 0.5) is 0 Å². The Balaban J connectivity index is 0.00000361. The lowest BCUT2D eigenvalue weighted by Gasteiger charge is -2.29. The number of nitrogens with zero attached hydrogens (tertiary/aromatic N) is 2. The molecule has 0 aliphatic carbocycles. The summed E-state index contributed by atoms with van der Waals surface area (Å²) in [6.07, 6.45) is 5.96. The van der Waals surface area contributed by atoms with Crippen LogP contribution in [0.2, 0.25) is 0 Å². The molecular formula is C29H41ClN2O4. The SMILES string of the molecule is COc1cc2c(cc1OC)CC(=O)N(CC1CCCCN(CCCOc3cccc(C)c3)C1)CC2.Cl. The summed E-state index contributed by atoms with van der Waals surface area (Å²) in [4.78, 5) is 17.8. The lowest BCUT2D eigenvalue weighted by molar-refractivity contribution is -0.130. The van der Waals surface area contributed by atoms with Gasteiger partial charge in [0.25, 0.3) is 0 Å². The van der Waals surface area contributed by atoms with Gasteiger partial charge in [0.05, 0.1) is 27.2 Å². The lowest BCUT2D eigenvalue weighted by Crippen LogP contribution is -2.40. The smallest absolute Gasteiger partial charge is 0.227 e. The highest BCUT2D eigenvalue weighted by Crippen LogP contribution is 2.32. The number of methoxy groups -OCH3 is 2. The average Bonchev–Trinajstić information content (AvgIpc) is 3.17. The van der Waals surface area contributed by atoms with E-state index in [0.717, 1.165) is 69.2 Å². The van der Waals surface area contributed by atoms with Crippen LogP contribution in [0.5, 0.6) is 17.2 Å². The fraction of sp³-hybridized carbons (Fsp3) is 0.552. The van der Waals surface area contributed by atoms with E-state index in [1.165, 1.54) is 30.4 Å². The minimum atomic E-state index is 0. The number of hydrogen-bond acceptors (Lipinski definition) is 5. The van der Waals surface area contributed by atoms with E-state index in [-0.39, 0.29) is 18.3 Å². The zero-order valence-corrected chi connectivity index (χ0v) is 22.8. The predicted molar refractivity (Wildman–Crippen MR) is 146 cm³/mol. The molecule has 0 radical (unpaired) electrons. The Morgan fingerprint density at radius 1 is 1.00 bits per heavy atom. The van der Waals surface area contributed by atoms with Crippen LogP contribution in [0, 0.1) is 12.8 Å². The fourth-order valence-electron chi connectivity index (χ4n) is 5.37. The number of carbonyl (C=O) groups is 1. The highest BCUT2D eigenvalue weighted by molar-refractivity contribution is 5.85. The summed E-state index contributed by atoms with van der Waals surface area (Å²) in [7, 11) is 3.30. The van der Waals surface area contributed by atoms with Gasteiger partial charge in [-0.25, -0.2) is 0 Å². The summed E-state index contributed by atoms with van der Waals surface area (Å²) in [6, 6.07) is 12.3. The Labute approximate surface area is 222 Å². The van der Waals surface area contributed by atoms with Gasteiger partial charge in [0.2, 0.25) is 5.91 Å². The van der Waals surface area contributed by atoms with Gasteiger partial charge in [-0.1, -0.05) is 18.6 Å². The van der Waals surface area contributed by atoms with Crippen LogP contribution in [0.3, 0.4) is 0 Å². The van der Waals surface area contributed by atoms with E-state index in [0.29, 0.717) is 18.1 Å². The Morgan fingerprint density at radius 3 is 2.53 bits per heavy atom. The number of likely N-dealkylation sites (tertiary alicyclic amines) is 1. The second-order valence-corrected chi connectivity index (χ2v) is 9.92. The maximum Gasteiger partial charge on any atom is 0.227 e. The van der Waals surface area contributed by atoms with Crippen molar-refractivity contribution in [1.29, 1.82) is 0 Å². The number of rotatable bonds is 9. The summed E-state index contributed by atoms with van der Waals surface area (Å²) in [5, 5.41) is 0. The zero-order valence-electron chi connectivity index (χ0n) is 22.0. The maximum absolute atomic E-state index is 13.2. The van der Waals surface area contributed by atoms with Crippen molar-refractivity contribution < 1.29 is 19.0 Å². The number of amides is 1. The van der Waals surface area contributed by atoms with E-state index in [4.69, 9.17) is 14.2 Å². The minimum absolute atomic E-state index is 0. The van der Waals surface area contributed by atoms with E-state index in [9.17, 15) is 4.79 Å². The van der Waals surface area contributed by atoms with Crippen molar-refractivity contribution in [2.75, 3.05) is 53.6 Å². The molecule has 4 rings (SSSR count). The molecular weight excluding hydrogens is 476 g/mol. The van der Waals surface area contributed by atoms with Crippen LogP contribution in [-0.2, 0) is 17.6 Å². The largest absolute Gasteiger partial charge is 0.494 e. The molecule has 0 aromatic heterocycles. The Kier molecular flexibility index (Phi) is 10.7. The Hall–Kier alpha value is -2.44. The molecule has 0 saturated carbocycles. The number of carbonyl (C=O) groups excluding carboxylic acids is 1. The highest BCUT2D eigenvalue weighted by atomic mass is 35.5. The van der Waals surface area contributed by atoms with Crippen LogP contribution >= 0.6 is 12.4 Å². The number of fused-ring (bicyclic) bond motifs is 1. The van der Waals surface area contributed by atoms with Crippen LogP contribution in [-0.4, -0.2) is 69.3 Å². The van der Waals surface area contributed by atoms with Gasteiger partial charge >= 0.3 is 0 Å². The third-order valence-electron chi connectivity index (χ3n) is 7.26. The molecule has 2 aliphatic rings. The first-order chi connectivity index (χ1) is 17.1. The van der Waals surface area contributed by atoms with Gasteiger partial charge in [-0.2, -0.15) is 0 Å². The van der Waals surface area contributed by atoms with Crippen molar-refractivity contribution in [2.24, 2.45) is 5.92 Å². The van der Waals surface area contributed by atoms with Crippen molar-refractivity contribution in [3.05, 3.63) is 53.1 Å². The molecule has 0 bridgehead atoms.